The van der Waals surface area contributed by atoms with E-state index in [4.69, 9.17) is 5.73 Å². The van der Waals surface area contributed by atoms with E-state index in [9.17, 15) is 19.5 Å². The molecule has 3 amide bonds. The third-order valence-corrected chi connectivity index (χ3v) is 10.1. The van der Waals surface area contributed by atoms with Gasteiger partial charge in [0.1, 0.15) is 0 Å². The number of likely N-dealkylation sites (tertiary alicyclic amines) is 1. The zero-order valence-corrected chi connectivity index (χ0v) is 28.2. The first-order valence-electron chi connectivity index (χ1n) is 17.7. The number of hydrogen-bond donors (Lipinski definition) is 5. The van der Waals surface area contributed by atoms with Crippen molar-refractivity contribution in [2.24, 2.45) is 17.6 Å². The van der Waals surface area contributed by atoms with Gasteiger partial charge in [0.15, 0.2) is 0 Å². The van der Waals surface area contributed by atoms with E-state index in [-0.39, 0.29) is 31.5 Å². The van der Waals surface area contributed by atoms with Crippen molar-refractivity contribution in [3.05, 3.63) is 78.0 Å². The standard InChI is InChI=1S/C38H52N6O4/c1-2-3-19-40-38(48)34-21-28-14-7-8-15-29(28)24-44(34)25-35(45)32(20-26-11-5-4-6-12-26)43-37(47)33(22-36(39)46)41-23-30-18-17-27-13-9-10-16-31(27)42-30/h4-6,9-13,16-18,28-29,32-35,41,45H,2-3,7-8,14-15,19-25H2,1H3,(H2,39,46)(H,40,48)(H,43,47)/t28-,29+,32-,33-,34-,35+/m0/s1. The van der Waals surface area contributed by atoms with Crippen LogP contribution in [0.25, 0.3) is 10.9 Å². The minimum Gasteiger partial charge on any atom is -0.390 e. The zero-order chi connectivity index (χ0) is 33.9. The number of carbonyl (C=O) groups excluding carboxylic acids is 3. The summed E-state index contributed by atoms with van der Waals surface area (Å²) in [6, 6.07) is 19.5. The normalized spacial score (nSPS) is 21.5. The second-order valence-electron chi connectivity index (χ2n) is 13.6. The lowest BCUT2D eigenvalue weighted by molar-refractivity contribution is -0.132. The van der Waals surface area contributed by atoms with Gasteiger partial charge in [-0.3, -0.25) is 29.6 Å². The summed E-state index contributed by atoms with van der Waals surface area (Å²) >= 11 is 0. The third kappa shape index (κ3) is 9.84. The number of aliphatic hydroxyl groups excluding tert-OH is 1. The Kier molecular flexibility index (Phi) is 12.9. The van der Waals surface area contributed by atoms with Crippen LogP contribution in [0.15, 0.2) is 66.7 Å². The highest BCUT2D eigenvalue weighted by Gasteiger charge is 2.41. The van der Waals surface area contributed by atoms with Crippen molar-refractivity contribution in [1.29, 1.82) is 0 Å². The molecule has 0 spiro atoms. The molecule has 0 radical (unpaired) electrons. The number of unbranched alkanes of at least 4 members (excludes halogenated alkanes) is 1. The van der Waals surface area contributed by atoms with Gasteiger partial charge in [0.05, 0.1) is 41.9 Å². The molecule has 1 aromatic heterocycles. The van der Waals surface area contributed by atoms with Crippen molar-refractivity contribution in [1.82, 2.24) is 25.8 Å². The van der Waals surface area contributed by atoms with Gasteiger partial charge in [-0.25, -0.2) is 0 Å². The number of nitrogens with zero attached hydrogens (tertiary/aromatic N) is 2. The van der Waals surface area contributed by atoms with E-state index in [0.717, 1.165) is 60.8 Å². The quantitative estimate of drug-likeness (QED) is 0.148. The number of amides is 3. The Morgan fingerprint density at radius 3 is 2.52 bits per heavy atom. The maximum absolute atomic E-state index is 13.8. The molecule has 2 fully saturated rings. The van der Waals surface area contributed by atoms with E-state index in [2.05, 4.69) is 32.8 Å². The molecule has 1 saturated heterocycles. The van der Waals surface area contributed by atoms with Gasteiger partial charge in [0, 0.05) is 31.6 Å². The Hall–Kier alpha value is -3.86. The van der Waals surface area contributed by atoms with Gasteiger partial charge in [-0.05, 0) is 55.2 Å². The molecular formula is C38H52N6O4. The van der Waals surface area contributed by atoms with Crippen LogP contribution in [0.3, 0.4) is 0 Å². The molecule has 1 aliphatic heterocycles. The first-order chi connectivity index (χ1) is 23.3. The van der Waals surface area contributed by atoms with Crippen molar-refractivity contribution < 1.29 is 19.5 Å². The molecule has 0 unspecified atom stereocenters. The molecule has 3 aromatic rings. The van der Waals surface area contributed by atoms with E-state index in [1.54, 1.807) is 0 Å². The molecule has 2 heterocycles. The summed E-state index contributed by atoms with van der Waals surface area (Å²) in [5, 5.41) is 22.2. The topological polar surface area (TPSA) is 150 Å². The fourth-order valence-corrected chi connectivity index (χ4v) is 7.38. The van der Waals surface area contributed by atoms with Crippen molar-refractivity contribution >= 4 is 28.6 Å². The summed E-state index contributed by atoms with van der Waals surface area (Å²) < 4.78 is 0. The Morgan fingerprint density at radius 1 is 1.00 bits per heavy atom. The number of primary amides is 1. The Labute approximate surface area is 284 Å². The van der Waals surface area contributed by atoms with Crippen LogP contribution in [0.5, 0.6) is 0 Å². The average molecular weight is 657 g/mol. The highest BCUT2D eigenvalue weighted by atomic mass is 16.3. The first-order valence-corrected chi connectivity index (χ1v) is 17.7. The second kappa shape index (κ2) is 17.5. The number of piperidine rings is 1. The van der Waals surface area contributed by atoms with Crippen LogP contribution in [0.2, 0.25) is 0 Å². The third-order valence-electron chi connectivity index (χ3n) is 10.1. The fourth-order valence-electron chi connectivity index (χ4n) is 7.38. The number of hydrogen-bond acceptors (Lipinski definition) is 7. The maximum atomic E-state index is 13.8. The molecule has 6 atom stereocenters. The van der Waals surface area contributed by atoms with Gasteiger partial charge in [-0.15, -0.1) is 0 Å². The molecule has 1 saturated carbocycles. The van der Waals surface area contributed by atoms with Gasteiger partial charge in [0.2, 0.25) is 17.7 Å². The lowest BCUT2D eigenvalue weighted by Gasteiger charge is -2.46. The number of pyridine rings is 1. The van der Waals surface area contributed by atoms with E-state index >= 15 is 0 Å². The summed E-state index contributed by atoms with van der Waals surface area (Å²) in [6.07, 6.45) is 6.62. The maximum Gasteiger partial charge on any atom is 0.237 e. The predicted molar refractivity (Wildman–Crippen MR) is 188 cm³/mol. The van der Waals surface area contributed by atoms with Crippen molar-refractivity contribution in [2.45, 2.75) is 95.5 Å². The largest absolute Gasteiger partial charge is 0.390 e. The smallest absolute Gasteiger partial charge is 0.237 e. The molecule has 2 aromatic carbocycles. The number of carbonyl (C=O) groups is 3. The minimum atomic E-state index is -0.961. The summed E-state index contributed by atoms with van der Waals surface area (Å²) in [6.45, 7) is 4.01. The van der Waals surface area contributed by atoms with Crippen molar-refractivity contribution in [2.75, 3.05) is 19.6 Å². The molecule has 2 aliphatic rings. The van der Waals surface area contributed by atoms with Crippen LogP contribution < -0.4 is 21.7 Å². The van der Waals surface area contributed by atoms with E-state index in [0.29, 0.717) is 24.8 Å². The number of aliphatic hydroxyl groups is 1. The summed E-state index contributed by atoms with van der Waals surface area (Å²) in [4.78, 5) is 46.2. The highest BCUT2D eigenvalue weighted by Crippen LogP contribution is 2.38. The molecule has 5 rings (SSSR count). The van der Waals surface area contributed by atoms with Gasteiger partial charge >= 0.3 is 0 Å². The highest BCUT2D eigenvalue weighted by molar-refractivity contribution is 5.88. The summed E-state index contributed by atoms with van der Waals surface area (Å²) in [5.41, 5.74) is 8.11. The Morgan fingerprint density at radius 2 is 1.75 bits per heavy atom. The SMILES string of the molecule is CCCCNC(=O)[C@@H]1C[C@@H]2CCCC[C@@H]2CN1C[C@@H](O)[C@H](Cc1ccccc1)NC(=O)[C@H](CC(N)=O)NCc1ccc2ccccc2n1. The van der Waals surface area contributed by atoms with E-state index in [1.165, 1.54) is 12.8 Å². The Bertz CT molecular complexity index is 1500. The molecule has 0 bridgehead atoms. The fraction of sp³-hybridized carbons (Fsp3) is 0.526. The summed E-state index contributed by atoms with van der Waals surface area (Å²) in [7, 11) is 0. The molecule has 6 N–H and O–H groups in total. The second-order valence-corrected chi connectivity index (χ2v) is 13.6. The molecule has 10 nitrogen and oxygen atoms in total. The molecule has 48 heavy (non-hydrogen) atoms. The number of fused-ring (bicyclic) bond motifs is 2. The van der Waals surface area contributed by atoms with Gasteiger partial charge < -0.3 is 21.5 Å². The van der Waals surface area contributed by atoms with Crippen molar-refractivity contribution in [3.63, 3.8) is 0 Å². The summed E-state index contributed by atoms with van der Waals surface area (Å²) in [5.74, 6) is 0.0135. The van der Waals surface area contributed by atoms with Crippen molar-refractivity contribution in [3.8, 4) is 0 Å². The van der Waals surface area contributed by atoms with Crippen LogP contribution >= 0.6 is 0 Å². The number of nitrogens with two attached hydrogens (primary N) is 1. The lowest BCUT2D eigenvalue weighted by atomic mass is 9.72. The number of β-amino-alcohol motifs (C(OH)–C–C–N with tert-alkyl or cyclic N) is 1. The number of rotatable bonds is 16. The van der Waals surface area contributed by atoms with Crippen LogP contribution in [0.1, 0.15) is 69.5 Å². The number of benzene rings is 2. The zero-order valence-electron chi connectivity index (χ0n) is 28.2. The van der Waals surface area contributed by atoms with E-state index in [1.807, 2.05) is 66.7 Å². The Balaban J connectivity index is 1.31. The number of para-hydroxylation sites is 1. The molecule has 1 aliphatic carbocycles. The monoisotopic (exact) mass is 656 g/mol. The van der Waals surface area contributed by atoms with Gasteiger partial charge in [-0.2, -0.15) is 0 Å². The predicted octanol–water partition coefficient (Wildman–Crippen LogP) is 3.45. The average Bonchev–Trinajstić information content (AvgIpc) is 3.09. The van der Waals surface area contributed by atoms with Gasteiger partial charge in [-0.1, -0.05) is 87.2 Å². The molecular weight excluding hydrogens is 604 g/mol. The van der Waals surface area contributed by atoms with Crippen LogP contribution in [-0.4, -0.2) is 76.6 Å². The van der Waals surface area contributed by atoms with Crippen LogP contribution in [0.4, 0.5) is 0 Å². The number of nitrogens with one attached hydrogen (secondary N) is 3. The minimum absolute atomic E-state index is 0.0244. The number of aromatic nitrogens is 1. The molecule has 10 heteroatoms. The molecule has 258 valence electrons. The first kappa shape index (κ1) is 35.4. The van der Waals surface area contributed by atoms with E-state index < -0.39 is 30.0 Å². The van der Waals surface area contributed by atoms with Crippen LogP contribution in [0, 0.1) is 11.8 Å². The van der Waals surface area contributed by atoms with Crippen LogP contribution in [-0.2, 0) is 27.3 Å². The lowest BCUT2D eigenvalue weighted by Crippen LogP contribution is -2.59. The van der Waals surface area contributed by atoms with Gasteiger partial charge in [0.25, 0.3) is 0 Å².